The molecule has 1 aromatic carbocycles. The molecule has 0 aliphatic heterocycles. The van der Waals surface area contributed by atoms with Crippen molar-refractivity contribution in [2.45, 2.75) is 0 Å². The number of hydrogen-bond donors (Lipinski definition) is 0. The van der Waals surface area contributed by atoms with Crippen LogP contribution >= 0.6 is 15.9 Å². The predicted molar refractivity (Wildman–Crippen MR) is 64.7 cm³/mol. The highest BCUT2D eigenvalue weighted by molar-refractivity contribution is 9.10. The maximum Gasteiger partial charge on any atom is 0.181 e. The largest absolute Gasteiger partial charge is 0.496 e. The summed E-state index contributed by atoms with van der Waals surface area (Å²) in [6, 6.07) is 2.24. The molecule has 0 aliphatic rings. The molecular weight excluding hydrogens is 315 g/mol. The fourth-order valence-corrected chi connectivity index (χ4v) is 2.21. The Bertz CT molecular complexity index is 554. The number of halogens is 2. The van der Waals surface area contributed by atoms with Gasteiger partial charge < -0.3 is 4.74 Å². The molecule has 7 heteroatoms. The molecule has 0 fully saturated rings. The van der Waals surface area contributed by atoms with Crippen LogP contribution in [0.4, 0.5) is 4.39 Å². The minimum absolute atomic E-state index is 0.0133. The van der Waals surface area contributed by atoms with Crippen LogP contribution in [0.1, 0.15) is 10.4 Å². The van der Waals surface area contributed by atoms with Crippen LogP contribution in [0.3, 0.4) is 0 Å². The Balaban J connectivity index is 3.21. The molecule has 0 spiro atoms. The molecule has 1 aromatic rings. The minimum atomic E-state index is -3.43. The van der Waals surface area contributed by atoms with Crippen LogP contribution in [0.25, 0.3) is 0 Å². The number of ketones is 1. The van der Waals surface area contributed by atoms with Crippen molar-refractivity contribution in [3.05, 3.63) is 28.0 Å². The van der Waals surface area contributed by atoms with Gasteiger partial charge in [0.25, 0.3) is 0 Å². The number of ether oxygens (including phenoxy) is 1. The molecule has 0 saturated carbocycles. The van der Waals surface area contributed by atoms with E-state index < -0.39 is 27.2 Å². The second-order valence-electron chi connectivity index (χ2n) is 3.46. The van der Waals surface area contributed by atoms with Crippen LogP contribution in [0.5, 0.6) is 5.75 Å². The lowest BCUT2D eigenvalue weighted by Crippen LogP contribution is -2.15. The number of carbonyl (C=O) groups is 1. The van der Waals surface area contributed by atoms with E-state index in [-0.39, 0.29) is 15.8 Å². The Morgan fingerprint density at radius 1 is 1.47 bits per heavy atom. The van der Waals surface area contributed by atoms with Crippen molar-refractivity contribution in [2.75, 3.05) is 19.1 Å². The topological polar surface area (TPSA) is 60.4 Å². The highest BCUT2D eigenvalue weighted by Gasteiger charge is 2.19. The maximum atomic E-state index is 13.2. The zero-order valence-electron chi connectivity index (χ0n) is 9.16. The number of Topliss-reactive ketones (excluding diaryl/α,β-unsaturated/α-hetero) is 1. The predicted octanol–water partition coefficient (Wildman–Crippen LogP) is 1.82. The van der Waals surface area contributed by atoms with Gasteiger partial charge in [0, 0.05) is 12.3 Å². The molecule has 1 rings (SSSR count). The lowest BCUT2D eigenvalue weighted by atomic mass is 10.1. The molecule has 0 saturated heterocycles. The third-order valence-corrected chi connectivity index (χ3v) is 3.33. The number of hydrogen-bond acceptors (Lipinski definition) is 4. The van der Waals surface area contributed by atoms with E-state index in [0.29, 0.717) is 0 Å². The molecular formula is C10H10BrFO4S. The van der Waals surface area contributed by atoms with Gasteiger partial charge in [0.1, 0.15) is 17.3 Å². The zero-order chi connectivity index (χ0) is 13.2. The Labute approximate surface area is 107 Å². The third-order valence-electron chi connectivity index (χ3n) is 1.94. The second-order valence-corrected chi connectivity index (χ2v) is 6.45. The Kier molecular flexibility index (Phi) is 4.26. The van der Waals surface area contributed by atoms with E-state index >= 15 is 0 Å². The van der Waals surface area contributed by atoms with Crippen LogP contribution in [-0.4, -0.2) is 33.3 Å². The van der Waals surface area contributed by atoms with Crippen molar-refractivity contribution in [3.8, 4) is 5.75 Å². The van der Waals surface area contributed by atoms with Crippen LogP contribution < -0.4 is 4.74 Å². The van der Waals surface area contributed by atoms with Gasteiger partial charge in [0.05, 0.1) is 17.1 Å². The molecule has 0 aliphatic carbocycles. The summed E-state index contributed by atoms with van der Waals surface area (Å²) >= 11 is 2.93. The molecule has 0 N–H and O–H groups in total. The first-order chi connectivity index (χ1) is 7.74. The SMILES string of the molecule is COc1cc(F)c(Br)cc1C(=O)CS(C)(=O)=O. The zero-order valence-corrected chi connectivity index (χ0v) is 11.6. The van der Waals surface area contributed by atoms with Gasteiger partial charge in [-0.3, -0.25) is 4.79 Å². The summed E-state index contributed by atoms with van der Waals surface area (Å²) in [4.78, 5) is 11.7. The average molecular weight is 325 g/mol. The van der Waals surface area contributed by atoms with Gasteiger partial charge in [0.2, 0.25) is 0 Å². The first kappa shape index (κ1) is 14.1. The Hall–Kier alpha value is -0.950. The van der Waals surface area contributed by atoms with Crippen molar-refractivity contribution >= 4 is 31.6 Å². The first-order valence-electron chi connectivity index (χ1n) is 4.48. The van der Waals surface area contributed by atoms with Gasteiger partial charge in [-0.15, -0.1) is 0 Å². The van der Waals surface area contributed by atoms with E-state index in [0.717, 1.165) is 12.3 Å². The highest BCUT2D eigenvalue weighted by atomic mass is 79.9. The van der Waals surface area contributed by atoms with E-state index in [1.165, 1.54) is 13.2 Å². The molecule has 4 nitrogen and oxygen atoms in total. The number of carbonyl (C=O) groups excluding carboxylic acids is 1. The van der Waals surface area contributed by atoms with Crippen LogP contribution in [0, 0.1) is 5.82 Å². The quantitative estimate of drug-likeness (QED) is 0.793. The molecule has 0 aromatic heterocycles. The van der Waals surface area contributed by atoms with Crippen LogP contribution in [0.15, 0.2) is 16.6 Å². The summed E-state index contributed by atoms with van der Waals surface area (Å²) in [7, 11) is -2.16. The monoisotopic (exact) mass is 324 g/mol. The van der Waals surface area contributed by atoms with Gasteiger partial charge >= 0.3 is 0 Å². The number of sulfone groups is 1. The van der Waals surface area contributed by atoms with E-state index in [1.54, 1.807) is 0 Å². The minimum Gasteiger partial charge on any atom is -0.496 e. The average Bonchev–Trinajstić information content (AvgIpc) is 2.18. The van der Waals surface area contributed by atoms with Crippen molar-refractivity contribution in [2.24, 2.45) is 0 Å². The standard InChI is InChI=1S/C10H10BrFO4S/c1-16-10-4-8(12)7(11)3-6(10)9(13)5-17(2,14)15/h3-4H,5H2,1-2H3. The lowest BCUT2D eigenvalue weighted by molar-refractivity contribution is 0.101. The van der Waals surface area contributed by atoms with E-state index in [1.807, 2.05) is 0 Å². The fourth-order valence-electron chi connectivity index (χ4n) is 1.23. The normalized spacial score (nSPS) is 11.3. The smallest absolute Gasteiger partial charge is 0.181 e. The van der Waals surface area contributed by atoms with Gasteiger partial charge in [-0.2, -0.15) is 0 Å². The van der Waals surface area contributed by atoms with E-state index in [9.17, 15) is 17.6 Å². The summed E-state index contributed by atoms with van der Waals surface area (Å²) in [6.07, 6.45) is 0.954. The number of methoxy groups -OCH3 is 1. The Morgan fingerprint density at radius 3 is 2.53 bits per heavy atom. The molecule has 0 heterocycles. The summed E-state index contributed by atoms with van der Waals surface area (Å²) in [5.74, 6) is -1.84. The molecule has 0 bridgehead atoms. The Morgan fingerprint density at radius 2 is 2.06 bits per heavy atom. The fraction of sp³-hybridized carbons (Fsp3) is 0.300. The summed E-state index contributed by atoms with van der Waals surface area (Å²) < 4.78 is 40.1. The third kappa shape index (κ3) is 3.78. The molecule has 94 valence electrons. The number of rotatable bonds is 4. The first-order valence-corrected chi connectivity index (χ1v) is 7.34. The van der Waals surface area contributed by atoms with Gasteiger partial charge in [-0.25, -0.2) is 12.8 Å². The van der Waals surface area contributed by atoms with Crippen molar-refractivity contribution in [1.82, 2.24) is 0 Å². The van der Waals surface area contributed by atoms with Gasteiger partial charge in [-0.1, -0.05) is 0 Å². The highest BCUT2D eigenvalue weighted by Crippen LogP contribution is 2.26. The maximum absolute atomic E-state index is 13.2. The van der Waals surface area contributed by atoms with E-state index in [2.05, 4.69) is 15.9 Å². The molecule has 0 amide bonds. The molecule has 0 unspecified atom stereocenters. The van der Waals surface area contributed by atoms with Crippen molar-refractivity contribution in [3.63, 3.8) is 0 Å². The van der Waals surface area contributed by atoms with E-state index in [4.69, 9.17) is 4.74 Å². The van der Waals surface area contributed by atoms with Crippen LogP contribution in [0.2, 0.25) is 0 Å². The van der Waals surface area contributed by atoms with Gasteiger partial charge in [-0.05, 0) is 22.0 Å². The lowest BCUT2D eigenvalue weighted by Gasteiger charge is -2.08. The van der Waals surface area contributed by atoms with Crippen molar-refractivity contribution < 1.29 is 22.3 Å². The summed E-state index contributed by atoms with van der Waals surface area (Å²) in [5, 5.41) is 0. The summed E-state index contributed by atoms with van der Waals surface area (Å²) in [5.41, 5.74) is 0.0335. The summed E-state index contributed by atoms with van der Waals surface area (Å²) in [6.45, 7) is 0. The second kappa shape index (κ2) is 5.14. The molecule has 17 heavy (non-hydrogen) atoms. The molecule has 0 atom stereocenters. The van der Waals surface area contributed by atoms with Crippen LogP contribution in [-0.2, 0) is 9.84 Å². The number of benzene rings is 1. The van der Waals surface area contributed by atoms with Gasteiger partial charge in [0.15, 0.2) is 15.6 Å². The van der Waals surface area contributed by atoms with Crippen molar-refractivity contribution in [1.29, 1.82) is 0 Å². The molecule has 0 radical (unpaired) electrons.